The van der Waals surface area contributed by atoms with Crippen molar-refractivity contribution in [2.45, 2.75) is 31.7 Å². The van der Waals surface area contributed by atoms with Crippen molar-refractivity contribution < 1.29 is 9.18 Å². The average molecular weight is 440 g/mol. The van der Waals surface area contributed by atoms with Gasteiger partial charge in [0.1, 0.15) is 11.6 Å². The van der Waals surface area contributed by atoms with Gasteiger partial charge in [0.15, 0.2) is 5.13 Å². The van der Waals surface area contributed by atoms with Crippen LogP contribution in [0.15, 0.2) is 48.8 Å². The van der Waals surface area contributed by atoms with Crippen LogP contribution in [0.5, 0.6) is 0 Å². The first-order chi connectivity index (χ1) is 15.0. The number of aryl methyl sites for hydroxylation is 1. The highest BCUT2D eigenvalue weighted by atomic mass is 32.1. The summed E-state index contributed by atoms with van der Waals surface area (Å²) in [6, 6.07) is 10.8. The lowest BCUT2D eigenvalue weighted by Crippen LogP contribution is -2.42. The minimum absolute atomic E-state index is 0.101. The van der Waals surface area contributed by atoms with Crippen LogP contribution in [0.3, 0.4) is 0 Å². The van der Waals surface area contributed by atoms with Crippen molar-refractivity contribution in [2.75, 3.05) is 26.0 Å². The molecule has 4 rings (SSSR count). The zero-order chi connectivity index (χ0) is 21.8. The fourth-order valence-corrected chi connectivity index (χ4v) is 4.64. The van der Waals surface area contributed by atoms with Crippen molar-refractivity contribution in [1.82, 2.24) is 19.8 Å². The molecule has 3 heterocycles. The van der Waals surface area contributed by atoms with E-state index in [0.717, 1.165) is 59.2 Å². The first kappa shape index (κ1) is 21.2. The number of nitrogens with zero attached hydrogens (tertiary/aromatic N) is 4. The van der Waals surface area contributed by atoms with Gasteiger partial charge in [0, 0.05) is 39.1 Å². The van der Waals surface area contributed by atoms with Gasteiger partial charge in [0.25, 0.3) is 0 Å². The van der Waals surface area contributed by atoms with Gasteiger partial charge in [-0.25, -0.2) is 19.2 Å². The van der Waals surface area contributed by atoms with Gasteiger partial charge in [-0.15, -0.1) is 0 Å². The van der Waals surface area contributed by atoms with E-state index in [2.05, 4.69) is 21.4 Å². The van der Waals surface area contributed by atoms with E-state index in [4.69, 9.17) is 0 Å². The van der Waals surface area contributed by atoms with Gasteiger partial charge in [0.2, 0.25) is 0 Å². The third-order valence-electron chi connectivity index (χ3n) is 5.47. The van der Waals surface area contributed by atoms with Gasteiger partial charge < -0.3 is 15.1 Å². The maximum Gasteiger partial charge on any atom is 0.319 e. The van der Waals surface area contributed by atoms with Crippen molar-refractivity contribution in [3.05, 3.63) is 60.2 Å². The van der Waals surface area contributed by atoms with Crippen LogP contribution >= 0.6 is 11.3 Å². The lowest BCUT2D eigenvalue weighted by Gasteiger charge is -2.27. The Morgan fingerprint density at radius 1 is 1.19 bits per heavy atom. The van der Waals surface area contributed by atoms with Crippen LogP contribution < -0.4 is 5.32 Å². The highest BCUT2D eigenvalue weighted by Gasteiger charge is 2.29. The first-order valence-electron chi connectivity index (χ1n) is 10.4. The van der Waals surface area contributed by atoms with Crippen molar-refractivity contribution in [3.63, 3.8) is 0 Å². The van der Waals surface area contributed by atoms with Crippen LogP contribution in [0.4, 0.5) is 20.1 Å². The number of hydrogen-bond donors (Lipinski definition) is 1. The minimum Gasteiger partial charge on any atom is -0.331 e. The summed E-state index contributed by atoms with van der Waals surface area (Å²) in [4.78, 5) is 25.8. The molecule has 162 valence electrons. The Balaban J connectivity index is 1.33. The van der Waals surface area contributed by atoms with Crippen LogP contribution in [-0.4, -0.2) is 52.5 Å². The number of rotatable bonds is 6. The summed E-state index contributed by atoms with van der Waals surface area (Å²) in [5, 5.41) is 3.97. The van der Waals surface area contributed by atoms with E-state index < -0.39 is 0 Å². The Bertz CT molecular complexity index is 1020. The Morgan fingerprint density at radius 3 is 2.71 bits per heavy atom. The Hall–Kier alpha value is -3.00. The lowest BCUT2D eigenvalue weighted by molar-refractivity contribution is 0.163. The van der Waals surface area contributed by atoms with Gasteiger partial charge in [-0.3, -0.25) is 0 Å². The number of anilines is 2. The molecule has 8 heteroatoms. The second kappa shape index (κ2) is 9.43. The van der Waals surface area contributed by atoms with Crippen molar-refractivity contribution in [1.29, 1.82) is 0 Å². The highest BCUT2D eigenvalue weighted by molar-refractivity contribution is 7.18. The molecule has 0 spiro atoms. The number of benzene rings is 1. The molecule has 1 aliphatic heterocycles. The third kappa shape index (κ3) is 5.19. The molecule has 1 atom stereocenters. The normalized spacial score (nSPS) is 15.8. The topological polar surface area (TPSA) is 61.4 Å². The van der Waals surface area contributed by atoms with Gasteiger partial charge >= 0.3 is 6.03 Å². The zero-order valence-electron chi connectivity index (χ0n) is 17.7. The van der Waals surface area contributed by atoms with Gasteiger partial charge in [-0.1, -0.05) is 29.5 Å². The fourth-order valence-electron chi connectivity index (χ4n) is 3.81. The SMILES string of the molecule is CN(C)C(=O)N1CCCC1CCc1ccc(Nc2ncc(-c3ccc(F)cc3)s2)nc1. The van der Waals surface area contributed by atoms with E-state index in [1.807, 2.05) is 17.2 Å². The quantitative estimate of drug-likeness (QED) is 0.576. The summed E-state index contributed by atoms with van der Waals surface area (Å²) in [5.41, 5.74) is 2.09. The second-order valence-corrected chi connectivity index (χ2v) is 8.95. The Kier molecular flexibility index (Phi) is 6.46. The summed E-state index contributed by atoms with van der Waals surface area (Å²) in [6.45, 7) is 0.844. The first-order valence-corrected chi connectivity index (χ1v) is 11.2. The van der Waals surface area contributed by atoms with E-state index >= 15 is 0 Å². The summed E-state index contributed by atoms with van der Waals surface area (Å²) >= 11 is 1.50. The standard InChI is InChI=1S/C23H26FN5OS/c1-28(2)23(30)29-13-3-4-19(29)11-5-16-6-12-21(25-14-16)27-22-26-15-20(31-22)17-7-9-18(24)10-8-17/h6-10,12,14-15,19H,3-5,11,13H2,1-2H3,(H,25,26,27). The lowest BCUT2D eigenvalue weighted by atomic mass is 10.0. The number of nitrogens with one attached hydrogen (secondary N) is 1. The molecule has 1 fully saturated rings. The van der Waals surface area contributed by atoms with Crippen LogP contribution in [0, 0.1) is 5.82 Å². The van der Waals surface area contributed by atoms with Crippen LogP contribution in [-0.2, 0) is 6.42 Å². The summed E-state index contributed by atoms with van der Waals surface area (Å²) in [5.74, 6) is 0.481. The molecule has 1 unspecified atom stereocenters. The molecule has 1 aromatic carbocycles. The number of carbonyl (C=O) groups is 1. The molecule has 2 aromatic heterocycles. The average Bonchev–Trinajstić information content (AvgIpc) is 3.43. The number of thiazole rings is 1. The highest BCUT2D eigenvalue weighted by Crippen LogP contribution is 2.30. The molecular formula is C23H26FN5OS. The number of likely N-dealkylation sites (tertiary alicyclic amines) is 1. The number of halogens is 1. The van der Waals surface area contributed by atoms with Crippen molar-refractivity contribution in [2.24, 2.45) is 0 Å². The van der Waals surface area contributed by atoms with Crippen molar-refractivity contribution in [3.8, 4) is 10.4 Å². The Labute approximate surface area is 185 Å². The number of carbonyl (C=O) groups excluding carboxylic acids is 1. The van der Waals surface area contributed by atoms with E-state index in [9.17, 15) is 9.18 Å². The molecule has 2 amide bonds. The van der Waals surface area contributed by atoms with Crippen LogP contribution in [0.1, 0.15) is 24.8 Å². The maximum absolute atomic E-state index is 13.1. The summed E-state index contributed by atoms with van der Waals surface area (Å²) in [7, 11) is 3.61. The third-order valence-corrected chi connectivity index (χ3v) is 6.43. The van der Waals surface area contributed by atoms with Crippen LogP contribution in [0.2, 0.25) is 0 Å². The molecule has 1 saturated heterocycles. The molecule has 6 nitrogen and oxygen atoms in total. The van der Waals surface area contributed by atoms with Gasteiger partial charge in [0.05, 0.1) is 4.88 Å². The predicted octanol–water partition coefficient (Wildman–Crippen LogP) is 5.17. The number of pyridine rings is 1. The molecular weight excluding hydrogens is 413 g/mol. The van der Waals surface area contributed by atoms with Crippen molar-refractivity contribution >= 4 is 28.3 Å². The minimum atomic E-state index is -0.249. The van der Waals surface area contributed by atoms with Gasteiger partial charge in [-0.2, -0.15) is 0 Å². The maximum atomic E-state index is 13.1. The predicted molar refractivity (Wildman–Crippen MR) is 122 cm³/mol. The second-order valence-electron chi connectivity index (χ2n) is 7.92. The number of hydrogen-bond acceptors (Lipinski definition) is 5. The molecule has 0 aliphatic carbocycles. The summed E-state index contributed by atoms with van der Waals surface area (Å²) in [6.07, 6.45) is 7.62. The fraction of sp³-hybridized carbons (Fsp3) is 0.348. The molecule has 0 bridgehead atoms. The molecule has 1 aliphatic rings. The smallest absolute Gasteiger partial charge is 0.319 e. The van der Waals surface area contributed by atoms with E-state index in [-0.39, 0.29) is 11.8 Å². The van der Waals surface area contributed by atoms with E-state index in [1.165, 1.54) is 23.5 Å². The largest absolute Gasteiger partial charge is 0.331 e. The molecule has 0 radical (unpaired) electrons. The van der Waals surface area contributed by atoms with Crippen LogP contribution in [0.25, 0.3) is 10.4 Å². The van der Waals surface area contributed by atoms with E-state index in [1.54, 1.807) is 37.3 Å². The van der Waals surface area contributed by atoms with Gasteiger partial charge in [-0.05, 0) is 55.0 Å². The molecule has 3 aromatic rings. The zero-order valence-corrected chi connectivity index (χ0v) is 18.5. The number of urea groups is 1. The molecule has 0 saturated carbocycles. The van der Waals surface area contributed by atoms with E-state index in [0.29, 0.717) is 6.04 Å². The molecule has 1 N–H and O–H groups in total. The summed E-state index contributed by atoms with van der Waals surface area (Å²) < 4.78 is 13.1. The molecule has 31 heavy (non-hydrogen) atoms. The monoisotopic (exact) mass is 439 g/mol. The Morgan fingerprint density at radius 2 is 2.00 bits per heavy atom. The number of aromatic nitrogens is 2. The number of amides is 2.